The van der Waals surface area contributed by atoms with Gasteiger partial charge in [0.05, 0.1) is 18.5 Å². The quantitative estimate of drug-likeness (QED) is 0.560. The highest BCUT2D eigenvalue weighted by Crippen LogP contribution is 2.42. The predicted molar refractivity (Wildman–Crippen MR) is 93.6 cm³/mol. The van der Waals surface area contributed by atoms with Crippen molar-refractivity contribution in [3.8, 4) is 29.0 Å². The first-order valence-corrected chi connectivity index (χ1v) is 8.47. The molecule has 1 aliphatic rings. The molecule has 2 heterocycles. The number of rotatable bonds is 6. The highest BCUT2D eigenvalue weighted by molar-refractivity contribution is 5.51. The van der Waals surface area contributed by atoms with Crippen LogP contribution in [0.4, 0.5) is 17.6 Å². The van der Waals surface area contributed by atoms with Gasteiger partial charge in [0.1, 0.15) is 29.2 Å². The Kier molecular flexibility index (Phi) is 6.06. The molecule has 0 unspecified atom stereocenters. The first kappa shape index (κ1) is 21.3. The van der Waals surface area contributed by atoms with Crippen molar-refractivity contribution >= 4 is 0 Å². The Morgan fingerprint density at radius 2 is 1.77 bits per heavy atom. The van der Waals surface area contributed by atoms with Crippen LogP contribution in [-0.2, 0) is 0 Å². The van der Waals surface area contributed by atoms with E-state index in [-0.39, 0.29) is 35.3 Å². The zero-order chi connectivity index (χ0) is 20.5. The van der Waals surface area contributed by atoms with Gasteiger partial charge in [0.2, 0.25) is 5.88 Å². The number of hydrogen-bond acceptors (Lipinski definition) is 8. The summed E-state index contributed by atoms with van der Waals surface area (Å²) in [6, 6.07) is 2.76. The molecule has 0 amide bonds. The minimum absolute atomic E-state index is 0. The van der Waals surface area contributed by atoms with Crippen LogP contribution in [0, 0.1) is 11.6 Å². The minimum atomic E-state index is -3.16. The first-order valence-electron chi connectivity index (χ1n) is 8.47. The summed E-state index contributed by atoms with van der Waals surface area (Å²) >= 11 is 0. The maximum atomic E-state index is 14.1. The van der Waals surface area contributed by atoms with Crippen molar-refractivity contribution in [3.05, 3.63) is 47.8 Å². The lowest BCUT2D eigenvalue weighted by molar-refractivity contribution is -0.0502. The molecule has 0 spiro atoms. The summed E-state index contributed by atoms with van der Waals surface area (Å²) in [5, 5.41) is 12.5. The molecule has 0 saturated heterocycles. The van der Waals surface area contributed by atoms with Crippen molar-refractivity contribution in [3.63, 3.8) is 0 Å². The van der Waals surface area contributed by atoms with Gasteiger partial charge in [0.15, 0.2) is 5.76 Å². The molecule has 0 bridgehead atoms. The van der Waals surface area contributed by atoms with Crippen molar-refractivity contribution in [2.75, 3.05) is 0 Å². The average molecular weight is 428 g/mol. The van der Waals surface area contributed by atoms with Gasteiger partial charge in [-0.3, -0.25) is 0 Å². The number of alkyl halides is 2. The normalized spacial score (nSPS) is 17.9. The zero-order valence-electron chi connectivity index (χ0n) is 15.3. The highest BCUT2D eigenvalue weighted by atomic mass is 19.3. The van der Waals surface area contributed by atoms with Crippen LogP contribution in [0.2, 0.25) is 0 Å². The topological polar surface area (TPSA) is 126 Å². The van der Waals surface area contributed by atoms with Gasteiger partial charge in [-0.15, -0.1) is 0 Å². The summed E-state index contributed by atoms with van der Waals surface area (Å²) < 4.78 is 67.1. The second-order valence-electron chi connectivity index (χ2n) is 6.38. The largest absolute Gasteiger partial charge is 0.491 e. The van der Waals surface area contributed by atoms with Gasteiger partial charge in [-0.05, 0) is 23.9 Å². The fraction of sp³-hybridized carbons (Fsp3) is 0.278. The third-order valence-electron chi connectivity index (χ3n) is 4.45. The Morgan fingerprint density at radius 1 is 1.07 bits per heavy atom. The zero-order valence-corrected chi connectivity index (χ0v) is 15.3. The van der Waals surface area contributed by atoms with Gasteiger partial charge >= 0.3 is 6.61 Å². The molecule has 4 rings (SSSR count). The van der Waals surface area contributed by atoms with E-state index in [4.69, 9.17) is 14.4 Å². The smallest absolute Gasteiger partial charge is 0.387 e. The Labute approximate surface area is 167 Å². The summed E-state index contributed by atoms with van der Waals surface area (Å²) in [4.78, 5) is 8.15. The molecule has 160 valence electrons. The van der Waals surface area contributed by atoms with Crippen LogP contribution in [-0.4, -0.2) is 32.9 Å². The molecule has 4 N–H and O–H groups in total. The fourth-order valence-corrected chi connectivity index (χ4v) is 3.08. The molecule has 12 heteroatoms. The van der Waals surface area contributed by atoms with E-state index in [2.05, 4.69) is 19.9 Å². The standard InChI is InChI=1S/C18H13F4N3O4.H3N/c19-11-3-10(28-18(21)22)4-12(20)17(11)8-1-9(2-8)27-16-7-23-13(6-24-16)14-5-15(26)25-29-14;/h3-9,18H,1-2H2,(H,25,26);1H3/t8-,9+;. The lowest BCUT2D eigenvalue weighted by Crippen LogP contribution is -2.33. The molecular weight excluding hydrogens is 412 g/mol. The molecule has 1 fully saturated rings. The predicted octanol–water partition coefficient (Wildman–Crippen LogP) is 4.20. The number of nitrogens with zero attached hydrogens (tertiary/aromatic N) is 3. The molecule has 1 aliphatic carbocycles. The number of aromatic hydroxyl groups is 1. The molecule has 0 aliphatic heterocycles. The van der Waals surface area contributed by atoms with Crippen LogP contribution in [0.5, 0.6) is 17.5 Å². The van der Waals surface area contributed by atoms with E-state index in [1.165, 1.54) is 18.5 Å². The Morgan fingerprint density at radius 3 is 2.30 bits per heavy atom. The highest BCUT2D eigenvalue weighted by Gasteiger charge is 2.36. The summed E-state index contributed by atoms with van der Waals surface area (Å²) in [6.07, 6.45) is 3.03. The maximum Gasteiger partial charge on any atom is 0.387 e. The number of halogens is 4. The minimum Gasteiger partial charge on any atom is -0.491 e. The van der Waals surface area contributed by atoms with E-state index in [0.717, 1.165) is 12.1 Å². The van der Waals surface area contributed by atoms with Crippen molar-refractivity contribution in [2.45, 2.75) is 31.5 Å². The average Bonchev–Trinajstić information content (AvgIpc) is 3.05. The van der Waals surface area contributed by atoms with Crippen LogP contribution in [0.1, 0.15) is 24.3 Å². The SMILES string of the molecule is N.Oc1cc(-c2cnc(O[C@H]3C[C@@H](c4c(F)cc(OC(F)F)cc4F)C3)cn2)on1. The van der Waals surface area contributed by atoms with E-state index in [1.807, 2.05) is 0 Å². The van der Waals surface area contributed by atoms with E-state index >= 15 is 0 Å². The summed E-state index contributed by atoms with van der Waals surface area (Å²) in [7, 11) is 0. The number of ether oxygens (including phenoxy) is 2. The van der Waals surface area contributed by atoms with Crippen LogP contribution >= 0.6 is 0 Å². The third kappa shape index (κ3) is 4.43. The molecule has 30 heavy (non-hydrogen) atoms. The van der Waals surface area contributed by atoms with Gasteiger partial charge < -0.3 is 25.3 Å². The van der Waals surface area contributed by atoms with Gasteiger partial charge in [0.25, 0.3) is 5.88 Å². The molecular formula is C18H16F4N4O4. The second-order valence-corrected chi connectivity index (χ2v) is 6.38. The fourth-order valence-electron chi connectivity index (χ4n) is 3.08. The molecule has 3 aromatic rings. The lowest BCUT2D eigenvalue weighted by atomic mass is 9.77. The van der Waals surface area contributed by atoms with E-state index in [0.29, 0.717) is 18.5 Å². The van der Waals surface area contributed by atoms with Crippen molar-refractivity contribution < 1.29 is 36.7 Å². The summed E-state index contributed by atoms with van der Waals surface area (Å²) in [6.45, 7) is -3.16. The van der Waals surface area contributed by atoms with Gasteiger partial charge in [0, 0.05) is 17.7 Å². The third-order valence-corrected chi connectivity index (χ3v) is 4.45. The summed E-state index contributed by atoms with van der Waals surface area (Å²) in [5.41, 5.74) is 0.157. The second kappa shape index (κ2) is 8.53. The van der Waals surface area contributed by atoms with Crippen molar-refractivity contribution in [1.29, 1.82) is 0 Å². The van der Waals surface area contributed by atoms with E-state index < -0.39 is 29.9 Å². The van der Waals surface area contributed by atoms with Crippen LogP contribution < -0.4 is 15.6 Å². The Hall–Kier alpha value is -3.41. The molecule has 0 atom stereocenters. The van der Waals surface area contributed by atoms with Crippen LogP contribution in [0.15, 0.2) is 35.1 Å². The van der Waals surface area contributed by atoms with Crippen molar-refractivity contribution in [1.82, 2.24) is 21.3 Å². The lowest BCUT2D eigenvalue weighted by Gasteiger charge is -2.35. The molecule has 0 radical (unpaired) electrons. The van der Waals surface area contributed by atoms with E-state index in [1.54, 1.807) is 0 Å². The van der Waals surface area contributed by atoms with Gasteiger partial charge in [-0.1, -0.05) is 0 Å². The molecule has 2 aromatic heterocycles. The monoisotopic (exact) mass is 428 g/mol. The van der Waals surface area contributed by atoms with E-state index in [9.17, 15) is 17.6 Å². The maximum absolute atomic E-state index is 14.1. The molecule has 1 aromatic carbocycles. The Bertz CT molecular complexity index is 987. The molecule has 8 nitrogen and oxygen atoms in total. The number of hydrogen-bond donors (Lipinski definition) is 2. The van der Waals surface area contributed by atoms with Gasteiger partial charge in [-0.2, -0.15) is 8.78 Å². The summed E-state index contributed by atoms with van der Waals surface area (Å²) in [5.74, 6) is -2.74. The Balaban J connectivity index is 0.00000256. The molecule has 1 saturated carbocycles. The van der Waals surface area contributed by atoms with Crippen LogP contribution in [0.25, 0.3) is 11.5 Å². The van der Waals surface area contributed by atoms with Crippen molar-refractivity contribution in [2.24, 2.45) is 0 Å². The van der Waals surface area contributed by atoms with Crippen LogP contribution in [0.3, 0.4) is 0 Å². The first-order chi connectivity index (χ1) is 13.9. The van der Waals surface area contributed by atoms with Gasteiger partial charge in [-0.25, -0.2) is 18.7 Å². The number of benzene rings is 1. The number of aromatic nitrogens is 3.